The van der Waals surface area contributed by atoms with Crippen molar-refractivity contribution in [3.63, 3.8) is 0 Å². The quantitative estimate of drug-likeness (QED) is 0.854. The Balaban J connectivity index is 1.99. The minimum absolute atomic E-state index is 0.160. The highest BCUT2D eigenvalue weighted by Crippen LogP contribution is 2.36. The van der Waals surface area contributed by atoms with E-state index >= 15 is 0 Å². The highest BCUT2D eigenvalue weighted by atomic mass is 79.9. The van der Waals surface area contributed by atoms with Crippen LogP contribution in [0.3, 0.4) is 0 Å². The van der Waals surface area contributed by atoms with Crippen LogP contribution in [0.25, 0.3) is 0 Å². The van der Waals surface area contributed by atoms with Crippen LogP contribution in [0.2, 0.25) is 0 Å². The van der Waals surface area contributed by atoms with Crippen molar-refractivity contribution in [3.8, 4) is 5.75 Å². The molecule has 3 heteroatoms. The third-order valence-corrected chi connectivity index (χ3v) is 4.51. The molecule has 0 spiro atoms. The molecule has 1 aromatic carbocycles. The van der Waals surface area contributed by atoms with Crippen LogP contribution in [0, 0.1) is 5.92 Å². The SMILES string of the molecule is CCCC1COC(c2ccc(O)cc2)CC1Br. The van der Waals surface area contributed by atoms with E-state index in [1.807, 2.05) is 12.1 Å². The number of hydrogen-bond donors (Lipinski definition) is 1. The summed E-state index contributed by atoms with van der Waals surface area (Å²) in [4.78, 5) is 0.537. The summed E-state index contributed by atoms with van der Waals surface area (Å²) in [5, 5.41) is 9.27. The lowest BCUT2D eigenvalue weighted by molar-refractivity contribution is -0.0145. The molecule has 0 amide bonds. The minimum atomic E-state index is 0.160. The molecule has 94 valence electrons. The Bertz CT molecular complexity index is 350. The molecule has 17 heavy (non-hydrogen) atoms. The molecule has 3 unspecified atom stereocenters. The molecular weight excluding hydrogens is 280 g/mol. The zero-order valence-corrected chi connectivity index (χ0v) is 11.7. The molecule has 1 aliphatic heterocycles. The van der Waals surface area contributed by atoms with Gasteiger partial charge in [0.05, 0.1) is 12.7 Å². The van der Waals surface area contributed by atoms with Gasteiger partial charge in [-0.1, -0.05) is 41.4 Å². The molecule has 1 fully saturated rings. The van der Waals surface area contributed by atoms with Gasteiger partial charge < -0.3 is 9.84 Å². The second-order valence-corrected chi connectivity index (χ2v) is 5.89. The molecule has 0 radical (unpaired) electrons. The fourth-order valence-electron chi connectivity index (χ4n) is 2.37. The van der Waals surface area contributed by atoms with Crippen molar-refractivity contribution in [2.24, 2.45) is 5.92 Å². The van der Waals surface area contributed by atoms with Gasteiger partial charge in [0.15, 0.2) is 0 Å². The number of rotatable bonds is 3. The van der Waals surface area contributed by atoms with Crippen molar-refractivity contribution in [1.29, 1.82) is 0 Å². The summed E-state index contributed by atoms with van der Waals surface area (Å²) in [5.41, 5.74) is 1.15. The molecule has 0 aromatic heterocycles. The first kappa shape index (κ1) is 12.9. The van der Waals surface area contributed by atoms with Crippen LogP contribution in [0.4, 0.5) is 0 Å². The number of alkyl halides is 1. The van der Waals surface area contributed by atoms with Gasteiger partial charge in [-0.2, -0.15) is 0 Å². The Morgan fingerprint density at radius 3 is 2.65 bits per heavy atom. The molecule has 3 atom stereocenters. The lowest BCUT2D eigenvalue weighted by Gasteiger charge is -2.33. The summed E-state index contributed by atoms with van der Waals surface area (Å²) >= 11 is 3.78. The number of halogens is 1. The second kappa shape index (κ2) is 5.87. The van der Waals surface area contributed by atoms with Crippen molar-refractivity contribution >= 4 is 15.9 Å². The van der Waals surface area contributed by atoms with Crippen molar-refractivity contribution in [3.05, 3.63) is 29.8 Å². The summed E-state index contributed by atoms with van der Waals surface area (Å²) in [7, 11) is 0. The van der Waals surface area contributed by atoms with Gasteiger partial charge in [-0.15, -0.1) is 0 Å². The number of benzene rings is 1. The van der Waals surface area contributed by atoms with Gasteiger partial charge in [0.1, 0.15) is 5.75 Å². The van der Waals surface area contributed by atoms with Gasteiger partial charge in [0.2, 0.25) is 0 Å². The molecule has 1 aromatic rings. The third kappa shape index (κ3) is 3.23. The highest BCUT2D eigenvalue weighted by Gasteiger charge is 2.29. The number of hydrogen-bond acceptors (Lipinski definition) is 2. The molecule has 0 saturated carbocycles. The molecule has 0 bridgehead atoms. The Labute approximate surface area is 111 Å². The fourth-order valence-corrected chi connectivity index (χ4v) is 3.12. The van der Waals surface area contributed by atoms with Crippen molar-refractivity contribution in [2.75, 3.05) is 6.61 Å². The van der Waals surface area contributed by atoms with Crippen LogP contribution in [0.15, 0.2) is 24.3 Å². The van der Waals surface area contributed by atoms with E-state index in [1.165, 1.54) is 12.8 Å². The summed E-state index contributed by atoms with van der Waals surface area (Å²) < 4.78 is 5.93. The van der Waals surface area contributed by atoms with Crippen LogP contribution in [0.5, 0.6) is 5.75 Å². The first-order valence-electron chi connectivity index (χ1n) is 6.25. The first-order valence-corrected chi connectivity index (χ1v) is 7.17. The van der Waals surface area contributed by atoms with Gasteiger partial charge in [-0.3, -0.25) is 0 Å². The molecule has 0 aliphatic carbocycles. The van der Waals surface area contributed by atoms with Gasteiger partial charge in [-0.25, -0.2) is 0 Å². The van der Waals surface area contributed by atoms with Gasteiger partial charge >= 0.3 is 0 Å². The van der Waals surface area contributed by atoms with Crippen molar-refractivity contribution in [1.82, 2.24) is 0 Å². The summed E-state index contributed by atoms with van der Waals surface area (Å²) in [6.45, 7) is 3.04. The van der Waals surface area contributed by atoms with Crippen molar-refractivity contribution in [2.45, 2.75) is 37.1 Å². The molecule has 1 heterocycles. The predicted octanol–water partition coefficient (Wildman–Crippen LogP) is 4.03. The zero-order chi connectivity index (χ0) is 12.3. The van der Waals surface area contributed by atoms with Crippen LogP contribution >= 0.6 is 15.9 Å². The van der Waals surface area contributed by atoms with Crippen LogP contribution in [-0.2, 0) is 4.74 Å². The lowest BCUT2D eigenvalue weighted by Crippen LogP contribution is -2.29. The number of ether oxygens (including phenoxy) is 1. The molecular formula is C14H19BrO2. The average molecular weight is 299 g/mol. The van der Waals surface area contributed by atoms with E-state index in [9.17, 15) is 5.11 Å². The van der Waals surface area contributed by atoms with E-state index in [1.54, 1.807) is 12.1 Å². The smallest absolute Gasteiger partial charge is 0.115 e. The summed E-state index contributed by atoms with van der Waals surface area (Å²) in [5.74, 6) is 0.942. The Morgan fingerprint density at radius 2 is 2.06 bits per heavy atom. The molecule has 1 saturated heterocycles. The zero-order valence-electron chi connectivity index (χ0n) is 10.1. The average Bonchev–Trinajstić information content (AvgIpc) is 2.33. The monoisotopic (exact) mass is 298 g/mol. The normalized spacial score (nSPS) is 29.2. The van der Waals surface area contributed by atoms with Gasteiger partial charge in [0.25, 0.3) is 0 Å². The van der Waals surface area contributed by atoms with E-state index < -0.39 is 0 Å². The maximum Gasteiger partial charge on any atom is 0.115 e. The maximum absolute atomic E-state index is 9.27. The van der Waals surface area contributed by atoms with Crippen LogP contribution < -0.4 is 0 Å². The van der Waals surface area contributed by atoms with E-state index in [2.05, 4.69) is 22.9 Å². The van der Waals surface area contributed by atoms with Crippen LogP contribution in [0.1, 0.15) is 37.9 Å². The summed E-state index contributed by atoms with van der Waals surface area (Å²) in [6.07, 6.45) is 3.60. The van der Waals surface area contributed by atoms with E-state index in [0.29, 0.717) is 16.5 Å². The first-order chi connectivity index (χ1) is 8.20. The summed E-state index contributed by atoms with van der Waals surface area (Å²) in [6, 6.07) is 7.33. The van der Waals surface area contributed by atoms with Crippen LogP contribution in [-0.4, -0.2) is 16.5 Å². The number of aromatic hydroxyl groups is 1. The largest absolute Gasteiger partial charge is 0.508 e. The number of phenols is 1. The Kier molecular flexibility index (Phi) is 4.46. The van der Waals surface area contributed by atoms with E-state index in [-0.39, 0.29) is 6.10 Å². The minimum Gasteiger partial charge on any atom is -0.508 e. The molecule has 1 N–H and O–H groups in total. The lowest BCUT2D eigenvalue weighted by atomic mass is 9.91. The van der Waals surface area contributed by atoms with Crippen molar-refractivity contribution < 1.29 is 9.84 Å². The maximum atomic E-state index is 9.27. The van der Waals surface area contributed by atoms with E-state index in [4.69, 9.17) is 4.74 Å². The predicted molar refractivity (Wildman–Crippen MR) is 72.5 cm³/mol. The molecule has 1 aliphatic rings. The second-order valence-electron chi connectivity index (χ2n) is 4.71. The van der Waals surface area contributed by atoms with Gasteiger partial charge in [0, 0.05) is 4.83 Å². The molecule has 2 nitrogen and oxygen atoms in total. The number of phenolic OH excluding ortho intramolecular Hbond substituents is 1. The highest BCUT2D eigenvalue weighted by molar-refractivity contribution is 9.09. The fraction of sp³-hybridized carbons (Fsp3) is 0.571. The standard InChI is InChI=1S/C14H19BrO2/c1-2-3-11-9-17-14(8-13(11)15)10-4-6-12(16)7-5-10/h4-7,11,13-14,16H,2-3,8-9H2,1H3. The topological polar surface area (TPSA) is 29.5 Å². The van der Waals surface area contributed by atoms with Gasteiger partial charge in [-0.05, 0) is 36.5 Å². The molecule has 2 rings (SSSR count). The Morgan fingerprint density at radius 1 is 1.35 bits per heavy atom. The van der Waals surface area contributed by atoms with E-state index in [0.717, 1.165) is 18.6 Å². The third-order valence-electron chi connectivity index (χ3n) is 3.39. The Hall–Kier alpha value is -0.540.